The van der Waals surface area contributed by atoms with Gasteiger partial charge < -0.3 is 1.43 Å². The predicted molar refractivity (Wildman–Crippen MR) is 12.6 cm³/mol. The van der Waals surface area contributed by atoms with E-state index in [0.717, 1.165) is 0 Å². The minimum absolute atomic E-state index is 0. The molecule has 0 saturated carbocycles. The Labute approximate surface area is 50.9 Å². The zero-order valence-corrected chi connectivity index (χ0v) is 3.51. The third-order valence-corrected chi connectivity index (χ3v) is 0.143. The van der Waals surface area contributed by atoms with E-state index in [4.69, 9.17) is 0 Å². The fourth-order valence-corrected chi connectivity index (χ4v) is 0. The molecule has 0 aliphatic carbocycles. The van der Waals surface area contributed by atoms with E-state index in [2.05, 4.69) is 0 Å². The van der Waals surface area contributed by atoms with Gasteiger partial charge in [0.1, 0.15) is 0 Å². The molecule has 0 bridgehead atoms. The van der Waals surface area contributed by atoms with Gasteiger partial charge in [-0.2, -0.15) is 17.6 Å². The maximum atomic E-state index is 10.3. The van der Waals surface area contributed by atoms with E-state index in [1.54, 1.807) is 0 Å². The molecule has 0 aromatic carbocycles. The Balaban J connectivity index is -0.000000125. The summed E-state index contributed by atoms with van der Waals surface area (Å²) >= 11 is 0. The van der Waals surface area contributed by atoms with Crippen molar-refractivity contribution < 1.29 is 37.8 Å². The van der Waals surface area contributed by atoms with Crippen LogP contribution >= 0.6 is 0 Å². The molecule has 0 aliphatic rings. The van der Waals surface area contributed by atoms with Crippen molar-refractivity contribution in [2.45, 2.75) is 0 Å². The second-order valence-corrected chi connectivity index (χ2v) is 0.521. The van der Waals surface area contributed by atoms with Crippen LogP contribution in [0.2, 0.25) is 0 Å². The Hall–Kier alpha value is 0.0574. The quantitative estimate of drug-likeness (QED) is 0.279. The van der Waals surface area contributed by atoms with Crippen LogP contribution in [0.3, 0.4) is 0 Å². The molecule has 0 atom stereocenters. The molecule has 0 aliphatic heterocycles. The van der Waals surface area contributed by atoms with Crippen molar-refractivity contribution >= 4 is 0 Å². The standard InChI is InChI=1S/C2F4.Li.H/c3-1(4)2(5)6;;/q;+1;-1. The molecule has 5 heteroatoms. The molecule has 0 aromatic rings. The molecule has 0 nitrogen and oxygen atoms in total. The number of halogens is 4. The number of hydrogen-bond donors (Lipinski definition) is 0. The smallest absolute Gasteiger partial charge is 1.00 e. The molecule has 0 fully saturated rings. The van der Waals surface area contributed by atoms with E-state index in [1.165, 1.54) is 0 Å². The van der Waals surface area contributed by atoms with Gasteiger partial charge in [-0.1, -0.05) is 0 Å². The predicted octanol–water partition coefficient (Wildman–Crippen LogP) is -0.893. The van der Waals surface area contributed by atoms with E-state index in [9.17, 15) is 17.6 Å². The topological polar surface area (TPSA) is 0 Å². The van der Waals surface area contributed by atoms with Gasteiger partial charge in [0.15, 0.2) is 0 Å². The average molecular weight is 108 g/mol. The molecule has 0 aromatic heterocycles. The third kappa shape index (κ3) is 6.06. The Bertz CT molecular complexity index is 64.1. The minimum Gasteiger partial charge on any atom is -1.00 e. The Kier molecular flexibility index (Phi) is 6.11. The maximum absolute atomic E-state index is 10.3. The van der Waals surface area contributed by atoms with Gasteiger partial charge in [0.05, 0.1) is 0 Å². The van der Waals surface area contributed by atoms with Gasteiger partial charge in [-0.3, -0.25) is 0 Å². The van der Waals surface area contributed by atoms with Gasteiger partial charge in [0.2, 0.25) is 0 Å². The van der Waals surface area contributed by atoms with Crippen molar-refractivity contribution in [1.29, 1.82) is 0 Å². The molecule has 0 saturated heterocycles. The molecule has 0 N–H and O–H groups in total. The monoisotopic (exact) mass is 108 g/mol. The van der Waals surface area contributed by atoms with Crippen LogP contribution in [0.4, 0.5) is 17.6 Å². The van der Waals surface area contributed by atoms with E-state index >= 15 is 0 Å². The average Bonchev–Trinajstić information content (AvgIpc) is 1.36. The number of rotatable bonds is 0. The summed E-state index contributed by atoms with van der Waals surface area (Å²) in [6.07, 6.45) is -5.81. The third-order valence-electron chi connectivity index (χ3n) is 0.143. The van der Waals surface area contributed by atoms with Gasteiger partial charge in [-0.15, -0.1) is 0 Å². The number of hydrogen-bond acceptors (Lipinski definition) is 0. The second kappa shape index (κ2) is 4.22. The van der Waals surface area contributed by atoms with Crippen molar-refractivity contribution in [3.8, 4) is 0 Å². The van der Waals surface area contributed by atoms with E-state index in [0.29, 0.717) is 0 Å². The summed E-state index contributed by atoms with van der Waals surface area (Å²) in [5, 5.41) is 0. The largest absolute Gasteiger partial charge is 1.00 e. The molecule has 38 valence electrons. The Morgan fingerprint density at radius 2 is 1.00 bits per heavy atom. The van der Waals surface area contributed by atoms with Crippen molar-refractivity contribution in [1.82, 2.24) is 0 Å². The SMILES string of the molecule is FC(F)=C(F)F.[H-].[Li+]. The molecule has 0 heterocycles. The summed E-state index contributed by atoms with van der Waals surface area (Å²) < 4.78 is 41.1. The van der Waals surface area contributed by atoms with Crippen LogP contribution in [0.15, 0.2) is 12.2 Å². The second-order valence-electron chi connectivity index (χ2n) is 0.521. The van der Waals surface area contributed by atoms with Crippen LogP contribution in [-0.2, 0) is 0 Å². The summed E-state index contributed by atoms with van der Waals surface area (Å²) in [5.74, 6) is 0. The summed E-state index contributed by atoms with van der Waals surface area (Å²) in [5.41, 5.74) is 0. The van der Waals surface area contributed by atoms with Crippen LogP contribution in [-0.4, -0.2) is 0 Å². The minimum atomic E-state index is -2.91. The van der Waals surface area contributed by atoms with Crippen LogP contribution in [0.5, 0.6) is 0 Å². The first-order valence-electron chi connectivity index (χ1n) is 1.01. The van der Waals surface area contributed by atoms with Crippen molar-refractivity contribution in [2.75, 3.05) is 0 Å². The van der Waals surface area contributed by atoms with Crippen molar-refractivity contribution in [3.63, 3.8) is 0 Å². The van der Waals surface area contributed by atoms with Crippen LogP contribution < -0.4 is 18.9 Å². The van der Waals surface area contributed by atoms with E-state index in [-0.39, 0.29) is 20.3 Å². The first-order chi connectivity index (χ1) is 2.64. The summed E-state index contributed by atoms with van der Waals surface area (Å²) in [6, 6.07) is 0. The van der Waals surface area contributed by atoms with Crippen LogP contribution in [0.25, 0.3) is 0 Å². The summed E-state index contributed by atoms with van der Waals surface area (Å²) in [6.45, 7) is 0. The zero-order chi connectivity index (χ0) is 5.15. The fraction of sp³-hybridized carbons (Fsp3) is 0. The Morgan fingerprint density at radius 3 is 1.00 bits per heavy atom. The van der Waals surface area contributed by atoms with Gasteiger partial charge >= 0.3 is 31.0 Å². The van der Waals surface area contributed by atoms with Gasteiger partial charge in [0.25, 0.3) is 0 Å². The maximum Gasteiger partial charge on any atom is 1.00 e. The molecule has 0 rings (SSSR count). The van der Waals surface area contributed by atoms with Gasteiger partial charge in [-0.25, -0.2) is 0 Å². The van der Waals surface area contributed by atoms with E-state index in [1.807, 2.05) is 0 Å². The first kappa shape index (κ1) is 10.1. The molecular weight excluding hydrogens is 107 g/mol. The van der Waals surface area contributed by atoms with Gasteiger partial charge in [0, 0.05) is 0 Å². The first-order valence-corrected chi connectivity index (χ1v) is 1.01. The van der Waals surface area contributed by atoms with Gasteiger partial charge in [-0.05, 0) is 0 Å². The molecule has 0 radical (unpaired) electrons. The van der Waals surface area contributed by atoms with Crippen LogP contribution in [0, 0.1) is 0 Å². The fourth-order valence-electron chi connectivity index (χ4n) is 0. The molecule has 7 heavy (non-hydrogen) atoms. The normalized spacial score (nSPS) is 6.86. The van der Waals surface area contributed by atoms with Crippen molar-refractivity contribution in [3.05, 3.63) is 12.2 Å². The molecule has 0 amide bonds. The zero-order valence-electron chi connectivity index (χ0n) is 4.51. The molecule has 0 spiro atoms. The van der Waals surface area contributed by atoms with E-state index < -0.39 is 12.2 Å². The van der Waals surface area contributed by atoms with Crippen molar-refractivity contribution in [2.24, 2.45) is 0 Å². The molecular formula is C2HF4Li. The summed E-state index contributed by atoms with van der Waals surface area (Å²) in [4.78, 5) is 0. The summed E-state index contributed by atoms with van der Waals surface area (Å²) in [7, 11) is 0. The molecule has 0 unspecified atom stereocenters. The van der Waals surface area contributed by atoms with Crippen LogP contribution in [0.1, 0.15) is 1.43 Å². The Morgan fingerprint density at radius 1 is 0.857 bits per heavy atom.